The van der Waals surface area contributed by atoms with E-state index in [1.165, 1.54) is 19.1 Å². The molecule has 0 fully saturated rings. The molecule has 0 N–H and O–H groups in total. The number of benzene rings is 2. The van der Waals surface area contributed by atoms with E-state index in [1.807, 2.05) is 6.92 Å². The van der Waals surface area contributed by atoms with Crippen LogP contribution in [0.15, 0.2) is 51.7 Å². The first-order valence-corrected chi connectivity index (χ1v) is 7.41. The van der Waals surface area contributed by atoms with Crippen molar-refractivity contribution >= 4 is 16.8 Å². The number of halogens is 1. The summed E-state index contributed by atoms with van der Waals surface area (Å²) in [5.41, 5.74) is 0.894. The monoisotopic (exact) mass is 326 g/mol. The number of fused-ring (bicyclic) bond motifs is 1. The second-order valence-corrected chi connectivity index (χ2v) is 5.54. The van der Waals surface area contributed by atoms with E-state index in [4.69, 9.17) is 9.15 Å². The van der Waals surface area contributed by atoms with Crippen molar-refractivity contribution in [3.63, 3.8) is 0 Å². The Kier molecular flexibility index (Phi) is 4.16. The van der Waals surface area contributed by atoms with Gasteiger partial charge in [0.2, 0.25) is 0 Å². The molecule has 1 heterocycles. The number of carbonyl (C=O) groups excluding carboxylic acids is 1. The molecule has 0 aliphatic heterocycles. The fourth-order valence-electron chi connectivity index (χ4n) is 2.47. The van der Waals surface area contributed by atoms with Gasteiger partial charge in [-0.25, -0.2) is 9.18 Å². The van der Waals surface area contributed by atoms with E-state index in [9.17, 15) is 14.0 Å². The summed E-state index contributed by atoms with van der Waals surface area (Å²) >= 11 is 0. The molecule has 3 aromatic rings. The van der Waals surface area contributed by atoms with Crippen LogP contribution in [0.5, 0.6) is 5.75 Å². The maximum Gasteiger partial charge on any atom is 0.347 e. The molecule has 0 spiro atoms. The molecular weight excluding hydrogens is 311 g/mol. The summed E-state index contributed by atoms with van der Waals surface area (Å²) in [5.74, 6) is -0.223. The lowest BCUT2D eigenvalue weighted by Gasteiger charge is -2.10. The zero-order valence-corrected chi connectivity index (χ0v) is 13.3. The highest BCUT2D eigenvalue weighted by atomic mass is 19.1. The number of Topliss-reactive ketones (excluding diaryl/α,β-unsaturated/α-hetero) is 1. The van der Waals surface area contributed by atoms with Crippen LogP contribution in [-0.4, -0.2) is 5.78 Å². The SMILES string of the molecule is CC(=O)c1cc2c(C)cc(OCc3ccccc3F)cc2oc1=O. The summed E-state index contributed by atoms with van der Waals surface area (Å²) in [6.45, 7) is 3.20. The first kappa shape index (κ1) is 15.9. The number of ketones is 1. The number of hydrogen-bond donors (Lipinski definition) is 0. The molecule has 0 amide bonds. The molecule has 122 valence electrons. The highest BCUT2D eigenvalue weighted by molar-refractivity contribution is 5.97. The topological polar surface area (TPSA) is 56.5 Å². The molecule has 1 aromatic heterocycles. The highest BCUT2D eigenvalue weighted by Crippen LogP contribution is 2.25. The van der Waals surface area contributed by atoms with Crippen LogP contribution in [0.2, 0.25) is 0 Å². The molecule has 0 bridgehead atoms. The molecule has 0 unspecified atom stereocenters. The molecule has 0 saturated heterocycles. The Morgan fingerprint density at radius 3 is 2.67 bits per heavy atom. The Bertz CT molecular complexity index is 988. The minimum absolute atomic E-state index is 0.0191. The third-order valence-corrected chi connectivity index (χ3v) is 3.77. The van der Waals surface area contributed by atoms with Gasteiger partial charge in [0.15, 0.2) is 5.78 Å². The fourth-order valence-corrected chi connectivity index (χ4v) is 2.47. The second kappa shape index (κ2) is 6.28. The lowest BCUT2D eigenvalue weighted by Crippen LogP contribution is -2.11. The maximum absolute atomic E-state index is 13.6. The molecule has 5 heteroatoms. The van der Waals surface area contributed by atoms with Gasteiger partial charge >= 0.3 is 5.63 Å². The summed E-state index contributed by atoms with van der Waals surface area (Å²) in [7, 11) is 0. The zero-order chi connectivity index (χ0) is 17.3. The molecule has 0 aliphatic carbocycles. The van der Waals surface area contributed by atoms with E-state index in [-0.39, 0.29) is 23.8 Å². The third-order valence-electron chi connectivity index (χ3n) is 3.77. The van der Waals surface area contributed by atoms with Gasteiger partial charge < -0.3 is 9.15 Å². The minimum atomic E-state index is -0.680. The predicted octanol–water partition coefficient (Wildman–Crippen LogP) is 4.02. The van der Waals surface area contributed by atoms with Gasteiger partial charge in [-0.2, -0.15) is 0 Å². The summed E-state index contributed by atoms with van der Waals surface area (Å²) in [6.07, 6.45) is 0. The standard InChI is InChI=1S/C19H15FO4/c1-11-7-14(23-10-13-5-3-4-6-17(13)20)8-18-15(11)9-16(12(2)21)19(22)24-18/h3-9H,10H2,1-2H3. The summed E-state index contributed by atoms with van der Waals surface area (Å²) in [4.78, 5) is 23.3. The first-order valence-electron chi connectivity index (χ1n) is 7.41. The van der Waals surface area contributed by atoms with Gasteiger partial charge in [0.1, 0.15) is 29.3 Å². The molecule has 0 aliphatic rings. The van der Waals surface area contributed by atoms with Crippen molar-refractivity contribution in [2.75, 3.05) is 0 Å². The van der Waals surface area contributed by atoms with Gasteiger partial charge in [-0.15, -0.1) is 0 Å². The zero-order valence-electron chi connectivity index (χ0n) is 13.3. The number of aryl methyl sites for hydroxylation is 1. The van der Waals surface area contributed by atoms with Gasteiger partial charge in [0.05, 0.1) is 0 Å². The number of carbonyl (C=O) groups is 1. The number of ether oxygens (including phenoxy) is 1. The molecular formula is C19H15FO4. The number of rotatable bonds is 4. The van der Waals surface area contributed by atoms with E-state index < -0.39 is 5.63 Å². The number of hydrogen-bond acceptors (Lipinski definition) is 4. The molecule has 2 aromatic carbocycles. The fraction of sp³-hybridized carbons (Fsp3) is 0.158. The normalized spacial score (nSPS) is 10.8. The van der Waals surface area contributed by atoms with Crippen molar-refractivity contribution in [3.8, 4) is 5.75 Å². The first-order chi connectivity index (χ1) is 11.5. The Morgan fingerprint density at radius 1 is 1.21 bits per heavy atom. The van der Waals surface area contributed by atoms with Crippen LogP contribution in [0.25, 0.3) is 11.0 Å². The summed E-state index contributed by atoms with van der Waals surface area (Å²) in [6, 6.07) is 11.2. The van der Waals surface area contributed by atoms with Crippen LogP contribution >= 0.6 is 0 Å². The lowest BCUT2D eigenvalue weighted by atomic mass is 10.1. The molecule has 24 heavy (non-hydrogen) atoms. The van der Waals surface area contributed by atoms with Crippen LogP contribution in [0.4, 0.5) is 4.39 Å². The van der Waals surface area contributed by atoms with Crippen molar-refractivity contribution in [3.05, 3.63) is 75.4 Å². The Morgan fingerprint density at radius 2 is 1.96 bits per heavy atom. The van der Waals surface area contributed by atoms with Crippen LogP contribution < -0.4 is 10.4 Å². The summed E-state index contributed by atoms with van der Waals surface area (Å²) in [5, 5.41) is 0.665. The molecule has 3 rings (SSSR count). The van der Waals surface area contributed by atoms with E-state index >= 15 is 0 Å². The quantitative estimate of drug-likeness (QED) is 0.537. The average molecular weight is 326 g/mol. The van der Waals surface area contributed by atoms with Gasteiger partial charge in [-0.1, -0.05) is 18.2 Å². The Balaban J connectivity index is 1.96. The van der Waals surface area contributed by atoms with Gasteiger partial charge in [-0.05, 0) is 37.6 Å². The predicted molar refractivity (Wildman–Crippen MR) is 88.0 cm³/mol. The molecule has 0 radical (unpaired) electrons. The van der Waals surface area contributed by atoms with Gasteiger partial charge in [0.25, 0.3) is 0 Å². The van der Waals surface area contributed by atoms with Gasteiger partial charge in [-0.3, -0.25) is 4.79 Å². The van der Waals surface area contributed by atoms with E-state index in [1.54, 1.807) is 30.3 Å². The Labute approximate surface area is 137 Å². The van der Waals surface area contributed by atoms with Crippen LogP contribution in [0.3, 0.4) is 0 Å². The maximum atomic E-state index is 13.6. The lowest BCUT2D eigenvalue weighted by molar-refractivity contribution is 0.101. The minimum Gasteiger partial charge on any atom is -0.489 e. The second-order valence-electron chi connectivity index (χ2n) is 5.54. The van der Waals surface area contributed by atoms with Crippen LogP contribution in [0, 0.1) is 12.7 Å². The van der Waals surface area contributed by atoms with Crippen molar-refractivity contribution in [2.24, 2.45) is 0 Å². The average Bonchev–Trinajstić information content (AvgIpc) is 2.53. The third kappa shape index (κ3) is 3.06. The van der Waals surface area contributed by atoms with Crippen LogP contribution in [0.1, 0.15) is 28.4 Å². The molecule has 0 atom stereocenters. The largest absolute Gasteiger partial charge is 0.489 e. The van der Waals surface area contributed by atoms with E-state index in [0.717, 1.165) is 5.56 Å². The smallest absolute Gasteiger partial charge is 0.347 e. The van der Waals surface area contributed by atoms with E-state index in [0.29, 0.717) is 22.3 Å². The molecule has 4 nitrogen and oxygen atoms in total. The van der Waals surface area contributed by atoms with E-state index in [2.05, 4.69) is 0 Å². The summed E-state index contributed by atoms with van der Waals surface area (Å²) < 4.78 is 24.5. The van der Waals surface area contributed by atoms with Crippen LogP contribution in [-0.2, 0) is 6.61 Å². The van der Waals surface area contributed by atoms with Crippen molar-refractivity contribution in [2.45, 2.75) is 20.5 Å². The highest BCUT2D eigenvalue weighted by Gasteiger charge is 2.12. The van der Waals surface area contributed by atoms with Crippen molar-refractivity contribution in [1.29, 1.82) is 0 Å². The van der Waals surface area contributed by atoms with Crippen molar-refractivity contribution in [1.82, 2.24) is 0 Å². The van der Waals surface area contributed by atoms with Crippen molar-refractivity contribution < 1.29 is 18.3 Å². The molecule has 0 saturated carbocycles. The Hall–Kier alpha value is -2.95. The van der Waals surface area contributed by atoms with Gasteiger partial charge in [0, 0.05) is 17.0 Å².